The maximum absolute atomic E-state index is 12.5. The Morgan fingerprint density at radius 3 is 2.65 bits per heavy atom. The lowest BCUT2D eigenvalue weighted by molar-refractivity contribution is -0.135. The van der Waals surface area contributed by atoms with Crippen molar-refractivity contribution in [1.82, 2.24) is 4.90 Å². The number of benzene rings is 2. The van der Waals surface area contributed by atoms with Crippen LogP contribution in [0.5, 0.6) is 0 Å². The molecule has 0 saturated heterocycles. The van der Waals surface area contributed by atoms with Gasteiger partial charge in [-0.3, -0.25) is 9.59 Å². The summed E-state index contributed by atoms with van der Waals surface area (Å²) in [6, 6.07) is 16.0. The van der Waals surface area contributed by atoms with Gasteiger partial charge in [-0.05, 0) is 54.3 Å². The summed E-state index contributed by atoms with van der Waals surface area (Å²) in [5.74, 6) is -1.11. The third-order valence-corrected chi connectivity index (χ3v) is 5.28. The first-order valence-electron chi connectivity index (χ1n) is 9.98. The van der Waals surface area contributed by atoms with Gasteiger partial charge in [0.25, 0.3) is 11.8 Å². The number of furan rings is 1. The van der Waals surface area contributed by atoms with E-state index in [1.807, 2.05) is 25.1 Å². The van der Waals surface area contributed by atoms with E-state index >= 15 is 0 Å². The second kappa shape index (κ2) is 8.87. The molecule has 2 amide bonds. The Morgan fingerprint density at radius 1 is 1.06 bits per heavy atom. The number of amides is 2. The predicted octanol–water partition coefficient (Wildman–Crippen LogP) is 3.58. The van der Waals surface area contributed by atoms with Gasteiger partial charge in [0.2, 0.25) is 0 Å². The van der Waals surface area contributed by atoms with Crippen molar-refractivity contribution in [3.05, 3.63) is 88.9 Å². The number of carbonyl (C=O) groups excluding carboxylic acids is 3. The summed E-state index contributed by atoms with van der Waals surface area (Å²) in [6.45, 7) is 2.59. The lowest BCUT2D eigenvalue weighted by Crippen LogP contribution is -2.38. The van der Waals surface area contributed by atoms with E-state index in [2.05, 4.69) is 11.4 Å². The molecule has 4 rings (SSSR count). The summed E-state index contributed by atoms with van der Waals surface area (Å²) in [6.07, 6.45) is 2.19. The molecule has 0 radical (unpaired) electrons. The maximum Gasteiger partial charge on any atom is 0.338 e. The minimum Gasteiger partial charge on any atom is -0.459 e. The Bertz CT molecular complexity index is 1120. The maximum atomic E-state index is 12.5. The van der Waals surface area contributed by atoms with Crippen molar-refractivity contribution in [3.8, 4) is 0 Å². The van der Waals surface area contributed by atoms with Crippen molar-refractivity contribution < 1.29 is 23.5 Å². The van der Waals surface area contributed by atoms with Gasteiger partial charge in [-0.1, -0.05) is 30.3 Å². The summed E-state index contributed by atoms with van der Waals surface area (Å²) < 4.78 is 10.3. The molecule has 158 valence electrons. The van der Waals surface area contributed by atoms with Crippen LogP contribution in [-0.4, -0.2) is 35.8 Å². The van der Waals surface area contributed by atoms with Crippen molar-refractivity contribution in [2.45, 2.75) is 19.9 Å². The van der Waals surface area contributed by atoms with Gasteiger partial charge in [0.15, 0.2) is 12.4 Å². The zero-order chi connectivity index (χ0) is 21.8. The lowest BCUT2D eigenvalue weighted by Gasteiger charge is -2.28. The van der Waals surface area contributed by atoms with Crippen LogP contribution in [0, 0.1) is 6.92 Å². The first kappa shape index (κ1) is 20.4. The second-order valence-corrected chi connectivity index (χ2v) is 7.37. The van der Waals surface area contributed by atoms with Crippen LogP contribution in [0.15, 0.2) is 65.3 Å². The monoisotopic (exact) mass is 418 g/mol. The number of anilines is 1. The highest BCUT2D eigenvalue weighted by Gasteiger charge is 2.22. The molecule has 0 unspecified atom stereocenters. The van der Waals surface area contributed by atoms with E-state index in [1.165, 1.54) is 17.9 Å². The lowest BCUT2D eigenvalue weighted by atomic mass is 10.00. The van der Waals surface area contributed by atoms with Gasteiger partial charge in [0.05, 0.1) is 11.8 Å². The quantitative estimate of drug-likeness (QED) is 0.640. The molecule has 1 aromatic heterocycles. The minimum absolute atomic E-state index is 0.168. The molecule has 2 aromatic carbocycles. The van der Waals surface area contributed by atoms with Crippen molar-refractivity contribution in [2.24, 2.45) is 0 Å². The molecule has 0 aliphatic carbocycles. The fourth-order valence-corrected chi connectivity index (χ4v) is 3.49. The van der Waals surface area contributed by atoms with E-state index in [1.54, 1.807) is 29.2 Å². The number of rotatable bonds is 5. The molecule has 7 heteroatoms. The van der Waals surface area contributed by atoms with E-state index in [0.717, 1.165) is 17.5 Å². The molecular formula is C24H22N2O5. The van der Waals surface area contributed by atoms with E-state index in [0.29, 0.717) is 18.8 Å². The van der Waals surface area contributed by atoms with Crippen LogP contribution in [0.25, 0.3) is 0 Å². The summed E-state index contributed by atoms with van der Waals surface area (Å²) >= 11 is 0. The molecule has 0 bridgehead atoms. The number of fused-ring (bicyclic) bond motifs is 1. The van der Waals surface area contributed by atoms with E-state index < -0.39 is 11.9 Å². The Labute approximate surface area is 179 Å². The molecule has 1 aliphatic heterocycles. The fraction of sp³-hybridized carbons (Fsp3) is 0.208. The number of hydrogen-bond donors (Lipinski definition) is 1. The number of carbonyl (C=O) groups is 3. The standard InChI is InChI=1S/C24H22N2O5/c1-16-8-9-18(13-20(16)25-23(28)21-7-4-12-30-21)24(29)31-15-22(27)26-11-10-17-5-2-3-6-19(17)14-26/h2-9,12-13H,10-11,14-15H2,1H3,(H,25,28). The number of nitrogens with zero attached hydrogens (tertiary/aromatic N) is 1. The van der Waals surface area contributed by atoms with Crippen molar-refractivity contribution in [2.75, 3.05) is 18.5 Å². The summed E-state index contributed by atoms with van der Waals surface area (Å²) in [7, 11) is 0. The Kier molecular flexibility index (Phi) is 5.84. The van der Waals surface area contributed by atoms with Crippen LogP contribution >= 0.6 is 0 Å². The zero-order valence-corrected chi connectivity index (χ0v) is 17.1. The summed E-state index contributed by atoms with van der Waals surface area (Å²) in [4.78, 5) is 38.9. The summed E-state index contributed by atoms with van der Waals surface area (Å²) in [5, 5.41) is 2.72. The highest BCUT2D eigenvalue weighted by Crippen LogP contribution is 2.20. The molecule has 2 heterocycles. The first-order valence-corrected chi connectivity index (χ1v) is 9.98. The van der Waals surface area contributed by atoms with Crippen LogP contribution in [0.2, 0.25) is 0 Å². The first-order chi connectivity index (χ1) is 15.0. The van der Waals surface area contributed by atoms with Gasteiger partial charge in [0, 0.05) is 18.8 Å². The van der Waals surface area contributed by atoms with Gasteiger partial charge in [-0.25, -0.2) is 4.79 Å². The minimum atomic E-state index is -0.626. The third-order valence-electron chi connectivity index (χ3n) is 5.28. The second-order valence-electron chi connectivity index (χ2n) is 7.37. The highest BCUT2D eigenvalue weighted by atomic mass is 16.5. The number of ether oxygens (including phenoxy) is 1. The van der Waals surface area contributed by atoms with Crippen molar-refractivity contribution in [1.29, 1.82) is 0 Å². The van der Waals surface area contributed by atoms with Crippen LogP contribution in [0.1, 0.15) is 37.6 Å². The van der Waals surface area contributed by atoms with Gasteiger partial charge >= 0.3 is 5.97 Å². The average molecular weight is 418 g/mol. The molecule has 0 spiro atoms. The van der Waals surface area contributed by atoms with Crippen LogP contribution in [-0.2, 0) is 22.5 Å². The number of hydrogen-bond acceptors (Lipinski definition) is 5. The van der Waals surface area contributed by atoms with Crippen molar-refractivity contribution in [3.63, 3.8) is 0 Å². The molecule has 31 heavy (non-hydrogen) atoms. The van der Waals surface area contributed by atoms with Crippen LogP contribution in [0.3, 0.4) is 0 Å². The molecule has 0 saturated carbocycles. The molecule has 1 N–H and O–H groups in total. The Morgan fingerprint density at radius 2 is 1.87 bits per heavy atom. The topological polar surface area (TPSA) is 88.9 Å². The zero-order valence-electron chi connectivity index (χ0n) is 17.1. The predicted molar refractivity (Wildman–Crippen MR) is 114 cm³/mol. The molecule has 1 aliphatic rings. The molecule has 0 fully saturated rings. The summed E-state index contributed by atoms with van der Waals surface area (Å²) in [5.41, 5.74) is 3.85. The van der Waals surface area contributed by atoms with E-state index in [9.17, 15) is 14.4 Å². The highest BCUT2D eigenvalue weighted by molar-refractivity contribution is 6.03. The fourth-order valence-electron chi connectivity index (χ4n) is 3.49. The van der Waals surface area contributed by atoms with Crippen LogP contribution < -0.4 is 5.32 Å². The number of aryl methyl sites for hydroxylation is 1. The van der Waals surface area contributed by atoms with Gasteiger partial charge in [-0.2, -0.15) is 0 Å². The Hall–Kier alpha value is -3.87. The number of esters is 1. The smallest absolute Gasteiger partial charge is 0.338 e. The van der Waals surface area contributed by atoms with Crippen molar-refractivity contribution >= 4 is 23.5 Å². The van der Waals surface area contributed by atoms with E-state index in [-0.39, 0.29) is 23.8 Å². The number of nitrogens with one attached hydrogen (secondary N) is 1. The van der Waals surface area contributed by atoms with Gasteiger partial charge in [0.1, 0.15) is 0 Å². The molecular weight excluding hydrogens is 396 g/mol. The Balaban J connectivity index is 1.36. The normalized spacial score (nSPS) is 12.7. The van der Waals surface area contributed by atoms with E-state index in [4.69, 9.17) is 9.15 Å². The third kappa shape index (κ3) is 4.66. The van der Waals surface area contributed by atoms with Gasteiger partial charge in [-0.15, -0.1) is 0 Å². The molecule has 3 aromatic rings. The average Bonchev–Trinajstić information content (AvgIpc) is 3.33. The largest absolute Gasteiger partial charge is 0.459 e. The SMILES string of the molecule is Cc1ccc(C(=O)OCC(=O)N2CCc3ccccc3C2)cc1NC(=O)c1ccco1. The molecule has 7 nitrogen and oxygen atoms in total. The molecule has 0 atom stereocenters. The van der Waals surface area contributed by atoms with Crippen LogP contribution in [0.4, 0.5) is 5.69 Å². The van der Waals surface area contributed by atoms with Gasteiger partial charge < -0.3 is 19.4 Å².